The van der Waals surface area contributed by atoms with E-state index in [4.69, 9.17) is 4.74 Å². The third kappa shape index (κ3) is 2.93. The lowest BCUT2D eigenvalue weighted by atomic mass is 9.98. The summed E-state index contributed by atoms with van der Waals surface area (Å²) < 4.78 is 5.13. The van der Waals surface area contributed by atoms with Gasteiger partial charge in [0.05, 0.1) is 12.0 Å². The Morgan fingerprint density at radius 2 is 2.00 bits per heavy atom. The third-order valence-corrected chi connectivity index (χ3v) is 2.84. The quantitative estimate of drug-likeness (QED) is 0.695. The number of hydrogen-bond donors (Lipinski definition) is 2. The summed E-state index contributed by atoms with van der Waals surface area (Å²) >= 11 is 0. The molecule has 0 saturated carbocycles. The Morgan fingerprint density at radius 3 is 2.74 bits per heavy atom. The van der Waals surface area contributed by atoms with E-state index in [0.29, 0.717) is 6.42 Å². The molecule has 100 valence electrons. The van der Waals surface area contributed by atoms with Gasteiger partial charge in [-0.1, -0.05) is 6.08 Å². The number of ketones is 1. The number of rotatable bonds is 0. The SMILES string of the molecule is CC1C/C=C/C(=O)c2c(O)cc(O)cc2CC(=O)O1. The fraction of sp³-hybridized carbons (Fsp3) is 0.286. The highest BCUT2D eigenvalue weighted by Crippen LogP contribution is 2.29. The van der Waals surface area contributed by atoms with E-state index in [0.717, 1.165) is 6.07 Å². The number of aromatic hydroxyl groups is 2. The first-order chi connectivity index (χ1) is 8.97. The number of phenols is 2. The molecule has 0 aromatic heterocycles. The van der Waals surface area contributed by atoms with Gasteiger partial charge in [-0.3, -0.25) is 9.59 Å². The number of fused-ring (bicyclic) bond motifs is 1. The largest absolute Gasteiger partial charge is 0.508 e. The molecule has 0 spiro atoms. The minimum atomic E-state index is -0.498. The molecule has 1 unspecified atom stereocenters. The predicted molar refractivity (Wildman–Crippen MR) is 67.1 cm³/mol. The molecule has 1 aromatic rings. The van der Waals surface area contributed by atoms with Crippen LogP contribution < -0.4 is 0 Å². The van der Waals surface area contributed by atoms with Crippen molar-refractivity contribution in [2.75, 3.05) is 0 Å². The van der Waals surface area contributed by atoms with Crippen molar-refractivity contribution in [3.63, 3.8) is 0 Å². The normalized spacial score (nSPS) is 21.4. The molecule has 1 heterocycles. The fourth-order valence-electron chi connectivity index (χ4n) is 2.01. The summed E-state index contributed by atoms with van der Waals surface area (Å²) in [5.41, 5.74) is 0.284. The highest BCUT2D eigenvalue weighted by atomic mass is 16.5. The van der Waals surface area contributed by atoms with Crippen LogP contribution in [0.1, 0.15) is 29.3 Å². The number of carbonyl (C=O) groups is 2. The average Bonchev–Trinajstić information content (AvgIpc) is 2.26. The first kappa shape index (κ1) is 13.1. The van der Waals surface area contributed by atoms with Gasteiger partial charge in [-0.05, 0) is 24.6 Å². The van der Waals surface area contributed by atoms with Crippen molar-refractivity contribution in [2.45, 2.75) is 25.9 Å². The highest BCUT2D eigenvalue weighted by Gasteiger charge is 2.20. The molecule has 0 aliphatic carbocycles. The second kappa shape index (κ2) is 5.14. The number of carbonyl (C=O) groups excluding carboxylic acids is 2. The summed E-state index contributed by atoms with van der Waals surface area (Å²) in [5, 5.41) is 19.2. The van der Waals surface area contributed by atoms with Crippen LogP contribution in [0.4, 0.5) is 0 Å². The molecule has 5 heteroatoms. The molecule has 0 radical (unpaired) electrons. The Bertz CT molecular complexity index is 559. The van der Waals surface area contributed by atoms with E-state index < -0.39 is 11.8 Å². The van der Waals surface area contributed by atoms with Gasteiger partial charge < -0.3 is 14.9 Å². The summed E-state index contributed by atoms with van der Waals surface area (Å²) in [6.45, 7) is 1.73. The molecule has 0 bridgehead atoms. The number of ether oxygens (including phenoxy) is 1. The molecular weight excluding hydrogens is 248 g/mol. The fourth-order valence-corrected chi connectivity index (χ4v) is 2.01. The van der Waals surface area contributed by atoms with Crippen LogP contribution >= 0.6 is 0 Å². The molecule has 1 atom stereocenters. The van der Waals surface area contributed by atoms with E-state index in [1.165, 1.54) is 12.1 Å². The van der Waals surface area contributed by atoms with Crippen molar-refractivity contribution in [2.24, 2.45) is 0 Å². The summed E-state index contributed by atoms with van der Waals surface area (Å²) in [7, 11) is 0. The van der Waals surface area contributed by atoms with E-state index in [1.807, 2.05) is 0 Å². The lowest BCUT2D eigenvalue weighted by molar-refractivity contribution is -0.147. The van der Waals surface area contributed by atoms with E-state index in [-0.39, 0.29) is 35.2 Å². The van der Waals surface area contributed by atoms with Crippen molar-refractivity contribution in [3.05, 3.63) is 35.4 Å². The number of benzene rings is 1. The molecule has 0 fully saturated rings. The Morgan fingerprint density at radius 1 is 1.26 bits per heavy atom. The van der Waals surface area contributed by atoms with Gasteiger partial charge in [0.2, 0.25) is 0 Å². The molecule has 0 saturated heterocycles. The topological polar surface area (TPSA) is 83.8 Å². The van der Waals surface area contributed by atoms with Crippen molar-refractivity contribution in [3.8, 4) is 11.5 Å². The van der Waals surface area contributed by atoms with Crippen molar-refractivity contribution < 1.29 is 24.5 Å². The van der Waals surface area contributed by atoms with Crippen LogP contribution in [-0.2, 0) is 16.0 Å². The molecule has 1 aliphatic heterocycles. The molecule has 19 heavy (non-hydrogen) atoms. The zero-order chi connectivity index (χ0) is 14.0. The van der Waals surface area contributed by atoms with E-state index in [1.54, 1.807) is 13.0 Å². The molecule has 1 aliphatic rings. The summed E-state index contributed by atoms with van der Waals surface area (Å²) in [5.74, 6) is -1.44. The number of phenolic OH excluding ortho intramolecular Hbond substituents is 2. The van der Waals surface area contributed by atoms with Gasteiger partial charge in [-0.25, -0.2) is 0 Å². The monoisotopic (exact) mass is 262 g/mol. The highest BCUT2D eigenvalue weighted by molar-refractivity contribution is 6.08. The van der Waals surface area contributed by atoms with Crippen LogP contribution in [0.15, 0.2) is 24.3 Å². The van der Waals surface area contributed by atoms with Gasteiger partial charge in [-0.2, -0.15) is 0 Å². The zero-order valence-corrected chi connectivity index (χ0v) is 10.4. The number of esters is 1. The first-order valence-electron chi connectivity index (χ1n) is 5.92. The summed E-state index contributed by atoms with van der Waals surface area (Å²) in [6, 6.07) is 2.36. The van der Waals surface area contributed by atoms with Gasteiger partial charge in [0.25, 0.3) is 0 Å². The van der Waals surface area contributed by atoms with E-state index >= 15 is 0 Å². The van der Waals surface area contributed by atoms with Crippen LogP contribution in [0, 0.1) is 0 Å². The number of cyclic esters (lactones) is 1. The maximum atomic E-state index is 12.0. The lowest BCUT2D eigenvalue weighted by Crippen LogP contribution is -2.18. The predicted octanol–water partition coefficient (Wildman–Crippen LogP) is 1.71. The maximum absolute atomic E-state index is 12.0. The molecular formula is C14H14O5. The molecule has 2 N–H and O–H groups in total. The van der Waals surface area contributed by atoms with Crippen LogP contribution in [0.5, 0.6) is 11.5 Å². The van der Waals surface area contributed by atoms with Crippen LogP contribution in [0.25, 0.3) is 0 Å². The zero-order valence-electron chi connectivity index (χ0n) is 10.4. The van der Waals surface area contributed by atoms with Gasteiger partial charge in [0.15, 0.2) is 5.78 Å². The molecule has 5 nitrogen and oxygen atoms in total. The lowest BCUT2D eigenvalue weighted by Gasteiger charge is -2.15. The number of allylic oxidation sites excluding steroid dienone is 1. The average molecular weight is 262 g/mol. The smallest absolute Gasteiger partial charge is 0.310 e. The van der Waals surface area contributed by atoms with Crippen LogP contribution in [0.2, 0.25) is 0 Å². The van der Waals surface area contributed by atoms with Crippen molar-refractivity contribution in [1.82, 2.24) is 0 Å². The van der Waals surface area contributed by atoms with Crippen LogP contribution in [0.3, 0.4) is 0 Å². The minimum absolute atomic E-state index is 0.0283. The van der Waals surface area contributed by atoms with Gasteiger partial charge in [0, 0.05) is 12.5 Å². The van der Waals surface area contributed by atoms with Gasteiger partial charge in [0.1, 0.15) is 17.6 Å². The Hall–Kier alpha value is -2.30. The van der Waals surface area contributed by atoms with E-state index in [9.17, 15) is 19.8 Å². The van der Waals surface area contributed by atoms with Gasteiger partial charge >= 0.3 is 5.97 Å². The molecule has 0 amide bonds. The van der Waals surface area contributed by atoms with Crippen molar-refractivity contribution >= 4 is 11.8 Å². The summed E-state index contributed by atoms with van der Waals surface area (Å²) in [6.07, 6.45) is 2.89. The second-order valence-corrected chi connectivity index (χ2v) is 4.48. The molecule has 1 aromatic carbocycles. The van der Waals surface area contributed by atoms with Gasteiger partial charge in [-0.15, -0.1) is 0 Å². The Balaban J connectivity index is 2.52. The maximum Gasteiger partial charge on any atom is 0.310 e. The minimum Gasteiger partial charge on any atom is -0.508 e. The second-order valence-electron chi connectivity index (χ2n) is 4.48. The Labute approximate surface area is 110 Å². The molecule has 2 rings (SSSR count). The number of hydrogen-bond acceptors (Lipinski definition) is 5. The standard InChI is InChI=1S/C14H14O5/c1-8-3-2-4-11(16)14-9(6-13(18)19-8)5-10(15)7-12(14)17/h2,4-5,7-8,15,17H,3,6H2,1H3/b4-2+. The third-order valence-electron chi connectivity index (χ3n) is 2.84. The Kier molecular flexibility index (Phi) is 3.55. The van der Waals surface area contributed by atoms with E-state index in [2.05, 4.69) is 0 Å². The first-order valence-corrected chi connectivity index (χ1v) is 5.92. The van der Waals surface area contributed by atoms with Crippen LogP contribution in [-0.4, -0.2) is 28.1 Å². The summed E-state index contributed by atoms with van der Waals surface area (Å²) in [4.78, 5) is 23.7. The van der Waals surface area contributed by atoms with Crippen molar-refractivity contribution in [1.29, 1.82) is 0 Å².